The summed E-state index contributed by atoms with van der Waals surface area (Å²) in [6, 6.07) is 3.07. The highest BCUT2D eigenvalue weighted by Gasteiger charge is 2.33. The number of nitrogens with zero attached hydrogens (tertiary/aromatic N) is 1. The lowest BCUT2D eigenvalue weighted by atomic mass is 10.1. The molecule has 1 fully saturated rings. The third kappa shape index (κ3) is 3.28. The third-order valence-corrected chi connectivity index (χ3v) is 5.23. The molecule has 1 unspecified atom stereocenters. The van der Waals surface area contributed by atoms with Gasteiger partial charge in [0, 0.05) is 19.1 Å². The van der Waals surface area contributed by atoms with Crippen molar-refractivity contribution in [1.29, 1.82) is 0 Å². The van der Waals surface area contributed by atoms with Gasteiger partial charge in [0.25, 0.3) is 0 Å². The standard InChI is InChI=1S/C12H16F2N2O2S.ClH/c1-15-9-4-3-7-16(8-9)19(17,18)12-10(13)5-2-6-11(12)14;/h2,5-6,9,15H,3-4,7-8H2,1H3;1H. The quantitative estimate of drug-likeness (QED) is 0.921. The fourth-order valence-electron chi connectivity index (χ4n) is 2.25. The van der Waals surface area contributed by atoms with Crippen molar-refractivity contribution >= 4 is 22.4 Å². The van der Waals surface area contributed by atoms with Crippen molar-refractivity contribution in [2.45, 2.75) is 23.8 Å². The number of rotatable bonds is 3. The van der Waals surface area contributed by atoms with Crippen molar-refractivity contribution in [3.63, 3.8) is 0 Å². The molecular weight excluding hydrogens is 310 g/mol. The van der Waals surface area contributed by atoms with Crippen LogP contribution in [0.2, 0.25) is 0 Å². The fourth-order valence-corrected chi connectivity index (χ4v) is 3.89. The Morgan fingerprint density at radius 1 is 1.30 bits per heavy atom. The van der Waals surface area contributed by atoms with Crippen LogP contribution in [0.1, 0.15) is 12.8 Å². The van der Waals surface area contributed by atoms with E-state index in [2.05, 4.69) is 5.32 Å². The minimum absolute atomic E-state index is 0. The van der Waals surface area contributed by atoms with Crippen molar-refractivity contribution in [3.05, 3.63) is 29.8 Å². The summed E-state index contributed by atoms with van der Waals surface area (Å²) >= 11 is 0. The molecule has 0 aromatic heterocycles. The maximum Gasteiger partial charge on any atom is 0.248 e. The summed E-state index contributed by atoms with van der Waals surface area (Å²) in [5.41, 5.74) is 0. The highest BCUT2D eigenvalue weighted by atomic mass is 35.5. The van der Waals surface area contributed by atoms with Crippen molar-refractivity contribution in [3.8, 4) is 0 Å². The van der Waals surface area contributed by atoms with Crippen LogP contribution in [-0.4, -0.2) is 38.9 Å². The number of likely N-dealkylation sites (N-methyl/N-ethyl adjacent to an activating group) is 1. The monoisotopic (exact) mass is 326 g/mol. The molecule has 1 heterocycles. The van der Waals surface area contributed by atoms with Crippen LogP contribution in [-0.2, 0) is 10.0 Å². The van der Waals surface area contributed by atoms with Crippen LogP contribution >= 0.6 is 12.4 Å². The normalized spacial score (nSPS) is 20.4. The van der Waals surface area contributed by atoms with Crippen LogP contribution in [0.5, 0.6) is 0 Å². The van der Waals surface area contributed by atoms with E-state index in [1.54, 1.807) is 7.05 Å². The molecule has 1 aromatic rings. The zero-order chi connectivity index (χ0) is 14.0. The molecule has 8 heteroatoms. The Morgan fingerprint density at radius 3 is 2.45 bits per heavy atom. The Morgan fingerprint density at radius 2 is 1.90 bits per heavy atom. The molecule has 2 rings (SSSR count). The second kappa shape index (κ2) is 6.80. The first-order valence-electron chi connectivity index (χ1n) is 6.08. The predicted molar refractivity (Wildman–Crippen MR) is 74.4 cm³/mol. The SMILES string of the molecule is CNC1CCCN(S(=O)(=O)c2c(F)cccc2F)C1.Cl. The molecule has 20 heavy (non-hydrogen) atoms. The van der Waals surface area contributed by atoms with Crippen molar-refractivity contribution < 1.29 is 17.2 Å². The van der Waals surface area contributed by atoms with Gasteiger partial charge in [0.2, 0.25) is 10.0 Å². The van der Waals surface area contributed by atoms with Gasteiger partial charge >= 0.3 is 0 Å². The van der Waals surface area contributed by atoms with Crippen LogP contribution in [0.15, 0.2) is 23.1 Å². The van der Waals surface area contributed by atoms with Crippen LogP contribution in [0, 0.1) is 11.6 Å². The van der Waals surface area contributed by atoms with Crippen molar-refractivity contribution in [2.24, 2.45) is 0 Å². The molecule has 1 aliphatic heterocycles. The number of benzene rings is 1. The van der Waals surface area contributed by atoms with E-state index >= 15 is 0 Å². The topological polar surface area (TPSA) is 49.4 Å². The summed E-state index contributed by atoms with van der Waals surface area (Å²) in [5.74, 6) is -2.10. The molecule has 0 radical (unpaired) electrons. The molecule has 0 spiro atoms. The molecule has 1 aromatic carbocycles. The van der Waals surface area contributed by atoms with Gasteiger partial charge in [0.05, 0.1) is 0 Å². The summed E-state index contributed by atoms with van der Waals surface area (Å²) in [7, 11) is -2.38. The van der Waals surface area contributed by atoms with Crippen molar-refractivity contribution in [2.75, 3.05) is 20.1 Å². The molecule has 0 aliphatic carbocycles. The first-order chi connectivity index (χ1) is 8.96. The van der Waals surface area contributed by atoms with Gasteiger partial charge in [-0.3, -0.25) is 0 Å². The second-order valence-corrected chi connectivity index (χ2v) is 6.42. The minimum atomic E-state index is -4.12. The Hall–Kier alpha value is -0.760. The Labute approximate surface area is 123 Å². The molecule has 114 valence electrons. The number of sulfonamides is 1. The molecule has 1 saturated heterocycles. The second-order valence-electron chi connectivity index (χ2n) is 4.54. The van der Waals surface area contributed by atoms with E-state index in [4.69, 9.17) is 0 Å². The number of halogens is 3. The number of piperidine rings is 1. The lowest BCUT2D eigenvalue weighted by Crippen LogP contribution is -2.47. The molecule has 0 bridgehead atoms. The average Bonchev–Trinajstić information content (AvgIpc) is 2.38. The highest BCUT2D eigenvalue weighted by Crippen LogP contribution is 2.25. The van der Waals surface area contributed by atoms with Gasteiger partial charge in [0.1, 0.15) is 11.6 Å². The van der Waals surface area contributed by atoms with Crippen LogP contribution < -0.4 is 5.32 Å². The van der Waals surface area contributed by atoms with Crippen LogP contribution in [0.25, 0.3) is 0 Å². The van der Waals surface area contributed by atoms with E-state index in [0.717, 1.165) is 28.9 Å². The fraction of sp³-hybridized carbons (Fsp3) is 0.500. The largest absolute Gasteiger partial charge is 0.316 e. The zero-order valence-corrected chi connectivity index (χ0v) is 12.6. The number of hydrogen-bond acceptors (Lipinski definition) is 3. The summed E-state index contributed by atoms with van der Waals surface area (Å²) in [6.45, 7) is 0.515. The van der Waals surface area contributed by atoms with Crippen LogP contribution in [0.4, 0.5) is 8.78 Å². The van der Waals surface area contributed by atoms with Gasteiger partial charge in [-0.15, -0.1) is 12.4 Å². The number of hydrogen-bond donors (Lipinski definition) is 1. The first-order valence-corrected chi connectivity index (χ1v) is 7.52. The molecule has 1 aliphatic rings. The van der Waals surface area contributed by atoms with Crippen LogP contribution in [0.3, 0.4) is 0 Å². The summed E-state index contributed by atoms with van der Waals surface area (Å²) in [5, 5.41) is 2.99. The van der Waals surface area contributed by atoms with Gasteiger partial charge in [-0.25, -0.2) is 17.2 Å². The molecule has 4 nitrogen and oxygen atoms in total. The predicted octanol–water partition coefficient (Wildman–Crippen LogP) is 1.76. The van der Waals surface area contributed by atoms with E-state index in [0.29, 0.717) is 6.42 Å². The van der Waals surface area contributed by atoms with Gasteiger partial charge < -0.3 is 5.32 Å². The average molecular weight is 327 g/mol. The molecule has 1 N–H and O–H groups in total. The Kier molecular flexibility index (Phi) is 5.88. The molecule has 1 atom stereocenters. The van der Waals surface area contributed by atoms with E-state index < -0.39 is 26.6 Å². The highest BCUT2D eigenvalue weighted by molar-refractivity contribution is 7.89. The summed E-state index contributed by atoms with van der Waals surface area (Å²) < 4.78 is 53.0. The Balaban J connectivity index is 0.00000200. The Bertz CT molecular complexity index is 548. The summed E-state index contributed by atoms with van der Waals surface area (Å²) in [6.07, 6.45) is 1.52. The molecule has 0 amide bonds. The number of nitrogens with one attached hydrogen (secondary N) is 1. The van der Waals surface area contributed by atoms with E-state index in [1.165, 1.54) is 0 Å². The van der Waals surface area contributed by atoms with E-state index in [-0.39, 0.29) is 31.5 Å². The molecular formula is C12H17ClF2N2O2S. The van der Waals surface area contributed by atoms with E-state index in [1.807, 2.05) is 0 Å². The third-order valence-electron chi connectivity index (χ3n) is 3.31. The van der Waals surface area contributed by atoms with Gasteiger partial charge in [-0.2, -0.15) is 4.31 Å². The molecule has 0 saturated carbocycles. The maximum atomic E-state index is 13.6. The lowest BCUT2D eigenvalue weighted by molar-refractivity contribution is 0.291. The van der Waals surface area contributed by atoms with Crippen molar-refractivity contribution in [1.82, 2.24) is 9.62 Å². The van der Waals surface area contributed by atoms with Gasteiger partial charge in [0.15, 0.2) is 4.90 Å². The minimum Gasteiger partial charge on any atom is -0.316 e. The van der Waals surface area contributed by atoms with E-state index in [9.17, 15) is 17.2 Å². The first kappa shape index (κ1) is 17.3. The van der Waals surface area contributed by atoms with Gasteiger partial charge in [-0.1, -0.05) is 6.07 Å². The van der Waals surface area contributed by atoms with Gasteiger partial charge in [-0.05, 0) is 32.0 Å². The summed E-state index contributed by atoms with van der Waals surface area (Å²) in [4.78, 5) is -0.855. The maximum absolute atomic E-state index is 13.6. The zero-order valence-electron chi connectivity index (χ0n) is 11.0. The smallest absolute Gasteiger partial charge is 0.248 e. The lowest BCUT2D eigenvalue weighted by Gasteiger charge is -2.31.